The second-order valence-corrected chi connectivity index (χ2v) is 9.29. The highest BCUT2D eigenvalue weighted by molar-refractivity contribution is 9.10. The van der Waals surface area contributed by atoms with Crippen molar-refractivity contribution in [1.82, 2.24) is 14.9 Å². The van der Waals surface area contributed by atoms with Crippen molar-refractivity contribution >= 4 is 33.5 Å². The number of fused-ring (bicyclic) bond motifs is 1. The van der Waals surface area contributed by atoms with E-state index < -0.39 is 5.25 Å². The third-order valence-electron chi connectivity index (χ3n) is 5.33. The summed E-state index contributed by atoms with van der Waals surface area (Å²) in [6.07, 6.45) is 0. The summed E-state index contributed by atoms with van der Waals surface area (Å²) in [5, 5.41) is 9.02. The van der Waals surface area contributed by atoms with E-state index in [4.69, 9.17) is 4.74 Å². The highest BCUT2D eigenvalue weighted by Crippen LogP contribution is 2.41. The number of rotatable bonds is 5. The summed E-state index contributed by atoms with van der Waals surface area (Å²) in [6.45, 7) is 0. The number of Topliss-reactive ketones (excluding diaryl/α,β-unsaturated/α-hetero) is 1. The topological polar surface area (TPSA) is 69.0 Å². The highest BCUT2D eigenvalue weighted by Gasteiger charge is 2.38. The third kappa shape index (κ3) is 3.80. The first-order valence-electron chi connectivity index (χ1n) is 10.0. The first-order valence-corrected chi connectivity index (χ1v) is 11.7. The van der Waals surface area contributed by atoms with Gasteiger partial charge in [0.2, 0.25) is 5.16 Å². The Morgan fingerprint density at radius 2 is 1.72 bits per heavy atom. The van der Waals surface area contributed by atoms with E-state index >= 15 is 0 Å². The predicted octanol–water partition coefficient (Wildman–Crippen LogP) is 5.36. The van der Waals surface area contributed by atoms with Crippen molar-refractivity contribution in [2.24, 2.45) is 0 Å². The molecule has 0 amide bonds. The number of ether oxygens (including phenoxy) is 1. The van der Waals surface area contributed by atoms with Crippen molar-refractivity contribution in [2.45, 2.75) is 16.4 Å². The first kappa shape index (κ1) is 20.8. The maximum absolute atomic E-state index is 13.5. The van der Waals surface area contributed by atoms with Crippen LogP contribution in [0.25, 0.3) is 11.4 Å². The molecule has 6 nitrogen and oxygen atoms in total. The number of hydrogen-bond donors (Lipinski definition) is 1. The minimum Gasteiger partial charge on any atom is -0.496 e. The minimum absolute atomic E-state index is 0.0455. The lowest BCUT2D eigenvalue weighted by molar-refractivity contribution is 0.0980. The van der Waals surface area contributed by atoms with E-state index in [1.807, 2.05) is 83.5 Å². The molecule has 4 aromatic rings. The lowest BCUT2D eigenvalue weighted by Gasteiger charge is -2.33. The Labute approximate surface area is 198 Å². The molecule has 2 heterocycles. The molecule has 0 spiro atoms. The number of carbonyl (C=O) groups is 1. The zero-order valence-electron chi connectivity index (χ0n) is 17.1. The van der Waals surface area contributed by atoms with E-state index in [0.29, 0.717) is 22.3 Å². The molecule has 8 heteroatoms. The molecule has 0 saturated carbocycles. The van der Waals surface area contributed by atoms with Crippen LogP contribution in [0.5, 0.6) is 5.75 Å². The monoisotopic (exact) mass is 506 g/mol. The van der Waals surface area contributed by atoms with E-state index in [1.165, 1.54) is 11.8 Å². The van der Waals surface area contributed by atoms with Crippen LogP contribution in [-0.2, 0) is 0 Å². The van der Waals surface area contributed by atoms with Crippen LogP contribution in [0.2, 0.25) is 0 Å². The molecule has 0 bridgehead atoms. The van der Waals surface area contributed by atoms with Crippen LogP contribution in [0.15, 0.2) is 88.5 Å². The zero-order valence-corrected chi connectivity index (χ0v) is 19.5. The van der Waals surface area contributed by atoms with E-state index in [-0.39, 0.29) is 11.8 Å². The maximum atomic E-state index is 13.5. The quantitative estimate of drug-likeness (QED) is 0.367. The van der Waals surface area contributed by atoms with Crippen LogP contribution in [-0.4, -0.2) is 33.0 Å². The van der Waals surface area contributed by atoms with Crippen molar-refractivity contribution in [3.05, 3.63) is 94.5 Å². The van der Waals surface area contributed by atoms with Crippen LogP contribution in [0.3, 0.4) is 0 Å². The van der Waals surface area contributed by atoms with Crippen LogP contribution < -0.4 is 10.2 Å². The van der Waals surface area contributed by atoms with E-state index in [0.717, 1.165) is 15.6 Å². The van der Waals surface area contributed by atoms with Gasteiger partial charge in [-0.15, -0.1) is 10.2 Å². The Hall–Kier alpha value is -3.10. The summed E-state index contributed by atoms with van der Waals surface area (Å²) in [7, 11) is 1.63. The zero-order chi connectivity index (χ0) is 22.1. The number of halogens is 1. The van der Waals surface area contributed by atoms with Gasteiger partial charge < -0.3 is 10.2 Å². The molecule has 0 saturated heterocycles. The van der Waals surface area contributed by atoms with Gasteiger partial charge >= 0.3 is 0 Å². The number of nitrogens with one attached hydrogen (secondary N) is 1. The van der Waals surface area contributed by atoms with Gasteiger partial charge in [-0.3, -0.25) is 4.79 Å². The van der Waals surface area contributed by atoms with Crippen LogP contribution in [0, 0.1) is 0 Å². The molecular weight excluding hydrogens is 488 g/mol. The standard InChI is InChI=1S/C24H19BrN4O2S/c1-31-19-10-6-5-9-18(19)23-26-27-24-29(23)28-20(15-11-13-17(25)14-12-15)22(32-24)21(30)16-7-3-2-4-8-16/h2-14,20,22,28H,1H3/t20-,22+/m0/s1. The molecule has 160 valence electrons. The van der Waals surface area contributed by atoms with Gasteiger partial charge in [-0.1, -0.05) is 82.3 Å². The fraction of sp³-hybridized carbons (Fsp3) is 0.125. The second-order valence-electron chi connectivity index (χ2n) is 7.27. The van der Waals surface area contributed by atoms with Crippen LogP contribution in [0.1, 0.15) is 22.0 Å². The molecule has 1 aromatic heterocycles. The maximum Gasteiger partial charge on any atom is 0.211 e. The highest BCUT2D eigenvalue weighted by atomic mass is 79.9. The van der Waals surface area contributed by atoms with Gasteiger partial charge in [-0.25, -0.2) is 4.68 Å². The Morgan fingerprint density at radius 3 is 2.47 bits per heavy atom. The number of carbonyl (C=O) groups excluding carboxylic acids is 1. The van der Waals surface area contributed by atoms with E-state index in [2.05, 4.69) is 31.6 Å². The van der Waals surface area contributed by atoms with Crippen molar-refractivity contribution in [2.75, 3.05) is 12.5 Å². The molecule has 32 heavy (non-hydrogen) atoms. The van der Waals surface area contributed by atoms with Crippen molar-refractivity contribution < 1.29 is 9.53 Å². The Kier molecular flexibility index (Phi) is 5.71. The van der Waals surface area contributed by atoms with Gasteiger partial charge in [0.15, 0.2) is 11.6 Å². The Morgan fingerprint density at radius 1 is 1.00 bits per heavy atom. The van der Waals surface area contributed by atoms with Gasteiger partial charge in [0.05, 0.1) is 18.7 Å². The summed E-state index contributed by atoms with van der Waals surface area (Å²) in [5.41, 5.74) is 6.01. The summed E-state index contributed by atoms with van der Waals surface area (Å²) in [5.74, 6) is 1.39. The van der Waals surface area contributed by atoms with Gasteiger partial charge in [0, 0.05) is 10.0 Å². The number of methoxy groups -OCH3 is 1. The lowest BCUT2D eigenvalue weighted by atomic mass is 9.97. The molecule has 2 atom stereocenters. The number of nitrogens with zero attached hydrogens (tertiary/aromatic N) is 3. The number of thioether (sulfide) groups is 1. The van der Waals surface area contributed by atoms with Crippen molar-refractivity contribution in [1.29, 1.82) is 0 Å². The van der Waals surface area contributed by atoms with Gasteiger partial charge in [0.25, 0.3) is 0 Å². The largest absolute Gasteiger partial charge is 0.496 e. The molecule has 1 aliphatic heterocycles. The fourth-order valence-corrected chi connectivity index (χ4v) is 5.17. The number of benzene rings is 3. The fourth-order valence-electron chi connectivity index (χ4n) is 3.75. The minimum atomic E-state index is -0.402. The van der Waals surface area contributed by atoms with Crippen molar-refractivity contribution in [3.8, 4) is 17.1 Å². The summed E-state index contributed by atoms with van der Waals surface area (Å²) >= 11 is 4.92. The summed E-state index contributed by atoms with van der Waals surface area (Å²) < 4.78 is 8.36. The number of aromatic nitrogens is 3. The summed E-state index contributed by atoms with van der Waals surface area (Å²) in [6, 6.07) is 24.8. The molecular formula is C24H19BrN4O2S. The molecule has 1 aliphatic rings. The van der Waals surface area contributed by atoms with Crippen LogP contribution in [0.4, 0.5) is 0 Å². The molecule has 0 aliphatic carbocycles. The molecule has 0 unspecified atom stereocenters. The molecule has 3 aromatic carbocycles. The number of hydrogen-bond acceptors (Lipinski definition) is 6. The molecule has 0 fully saturated rings. The predicted molar refractivity (Wildman–Crippen MR) is 129 cm³/mol. The summed E-state index contributed by atoms with van der Waals surface area (Å²) in [4.78, 5) is 13.5. The lowest BCUT2D eigenvalue weighted by Crippen LogP contribution is -2.39. The number of ketones is 1. The van der Waals surface area contributed by atoms with Crippen LogP contribution >= 0.6 is 27.7 Å². The first-order chi connectivity index (χ1) is 15.7. The number of para-hydroxylation sites is 1. The Balaban J connectivity index is 1.59. The van der Waals surface area contributed by atoms with Gasteiger partial charge in [0.1, 0.15) is 11.0 Å². The average molecular weight is 507 g/mol. The van der Waals surface area contributed by atoms with E-state index in [9.17, 15) is 4.79 Å². The Bertz CT molecular complexity index is 1260. The normalized spacial score (nSPS) is 17.3. The SMILES string of the molecule is COc1ccccc1-c1nnc2n1N[C@@H](c1ccc(Br)cc1)[C@H](C(=O)c1ccccc1)S2. The second kappa shape index (κ2) is 8.80. The van der Waals surface area contributed by atoms with Crippen molar-refractivity contribution in [3.63, 3.8) is 0 Å². The van der Waals surface area contributed by atoms with E-state index in [1.54, 1.807) is 7.11 Å². The van der Waals surface area contributed by atoms with Gasteiger partial charge in [-0.2, -0.15) is 0 Å². The molecule has 5 rings (SSSR count). The average Bonchev–Trinajstić information content (AvgIpc) is 3.26. The molecule has 0 radical (unpaired) electrons. The van der Waals surface area contributed by atoms with Gasteiger partial charge in [-0.05, 0) is 29.8 Å². The smallest absolute Gasteiger partial charge is 0.211 e. The third-order valence-corrected chi connectivity index (χ3v) is 7.07. The molecule has 1 N–H and O–H groups in total.